The first-order chi connectivity index (χ1) is 10.3. The molecule has 2 N–H and O–H groups in total. The van der Waals surface area contributed by atoms with Crippen LogP contribution in [0, 0.1) is 0 Å². The van der Waals surface area contributed by atoms with Crippen molar-refractivity contribution in [1.29, 1.82) is 0 Å². The van der Waals surface area contributed by atoms with Gasteiger partial charge in [0.2, 0.25) is 6.41 Å². The quantitative estimate of drug-likeness (QED) is 0.721. The smallest absolute Gasteiger partial charge is 0.207 e. The number of rotatable bonds is 4. The van der Waals surface area contributed by atoms with Gasteiger partial charge in [0.05, 0.1) is 6.04 Å². The van der Waals surface area contributed by atoms with Gasteiger partial charge in [-0.2, -0.15) is 0 Å². The molecule has 0 bridgehead atoms. The molecule has 0 saturated heterocycles. The van der Waals surface area contributed by atoms with Crippen molar-refractivity contribution in [1.82, 2.24) is 10.3 Å². The first-order valence-corrected chi connectivity index (χ1v) is 6.62. The number of phenolic OH excluding ortho intramolecular Hbond substituents is 1. The summed E-state index contributed by atoms with van der Waals surface area (Å²) < 4.78 is 0. The molecule has 1 atom stereocenters. The van der Waals surface area contributed by atoms with Crippen LogP contribution in [0.4, 0.5) is 0 Å². The Kier molecular flexibility index (Phi) is 3.51. The maximum Gasteiger partial charge on any atom is 0.207 e. The number of hydrogen-bond acceptors (Lipinski definition) is 3. The van der Waals surface area contributed by atoms with Gasteiger partial charge in [-0.1, -0.05) is 48.5 Å². The molecule has 21 heavy (non-hydrogen) atoms. The largest absolute Gasteiger partial charge is 0.505 e. The monoisotopic (exact) mass is 278 g/mol. The lowest BCUT2D eigenvalue weighted by Gasteiger charge is -2.19. The fraction of sp³-hybridized carbons (Fsp3) is 0.0588. The molecule has 1 heterocycles. The van der Waals surface area contributed by atoms with E-state index < -0.39 is 6.04 Å². The van der Waals surface area contributed by atoms with Gasteiger partial charge in [-0.3, -0.25) is 9.78 Å². The predicted octanol–water partition coefficient (Wildman–Crippen LogP) is 2.78. The molecular weight excluding hydrogens is 264 g/mol. The lowest BCUT2D eigenvalue weighted by Crippen LogP contribution is -2.20. The number of phenols is 1. The van der Waals surface area contributed by atoms with Crippen LogP contribution in [0.15, 0.2) is 60.8 Å². The van der Waals surface area contributed by atoms with E-state index in [1.165, 1.54) is 0 Å². The Labute approximate surface area is 122 Å². The van der Waals surface area contributed by atoms with E-state index in [-0.39, 0.29) is 5.75 Å². The Bertz CT molecular complexity index is 772. The SMILES string of the molecule is O=CNC(c1ccccc1)c1ccc2cccnc2c1O. The fourth-order valence-corrected chi connectivity index (χ4v) is 2.46. The molecule has 0 fully saturated rings. The second-order valence-corrected chi connectivity index (χ2v) is 4.71. The molecule has 4 nitrogen and oxygen atoms in total. The second kappa shape index (κ2) is 5.63. The van der Waals surface area contributed by atoms with E-state index in [0.717, 1.165) is 10.9 Å². The molecule has 104 valence electrons. The van der Waals surface area contributed by atoms with Crippen molar-refractivity contribution >= 4 is 17.3 Å². The predicted molar refractivity (Wildman–Crippen MR) is 80.9 cm³/mol. The number of amides is 1. The zero-order valence-corrected chi connectivity index (χ0v) is 11.2. The van der Waals surface area contributed by atoms with Gasteiger partial charge in [0.25, 0.3) is 0 Å². The van der Waals surface area contributed by atoms with Crippen molar-refractivity contribution in [3.05, 3.63) is 71.9 Å². The lowest BCUT2D eigenvalue weighted by atomic mass is 9.96. The van der Waals surface area contributed by atoms with E-state index in [2.05, 4.69) is 10.3 Å². The fourth-order valence-electron chi connectivity index (χ4n) is 2.46. The van der Waals surface area contributed by atoms with Gasteiger partial charge in [-0.15, -0.1) is 0 Å². The van der Waals surface area contributed by atoms with Crippen molar-refractivity contribution in [2.75, 3.05) is 0 Å². The van der Waals surface area contributed by atoms with Crippen LogP contribution in [0.1, 0.15) is 17.2 Å². The molecule has 0 saturated carbocycles. The molecule has 3 rings (SSSR count). The molecule has 0 radical (unpaired) electrons. The Morgan fingerprint density at radius 2 is 1.86 bits per heavy atom. The highest BCUT2D eigenvalue weighted by Crippen LogP contribution is 2.33. The Hall–Kier alpha value is -2.88. The minimum atomic E-state index is -0.407. The average molecular weight is 278 g/mol. The topological polar surface area (TPSA) is 62.2 Å². The van der Waals surface area contributed by atoms with Gasteiger partial charge in [-0.25, -0.2) is 0 Å². The Balaban J connectivity index is 2.16. The van der Waals surface area contributed by atoms with E-state index in [1.807, 2.05) is 54.6 Å². The van der Waals surface area contributed by atoms with Crippen molar-refractivity contribution in [2.45, 2.75) is 6.04 Å². The maximum absolute atomic E-state index is 10.9. The van der Waals surface area contributed by atoms with E-state index in [4.69, 9.17) is 0 Å². The third-order valence-corrected chi connectivity index (χ3v) is 3.46. The summed E-state index contributed by atoms with van der Waals surface area (Å²) >= 11 is 0. The zero-order chi connectivity index (χ0) is 14.7. The third-order valence-electron chi connectivity index (χ3n) is 3.46. The summed E-state index contributed by atoms with van der Waals surface area (Å²) in [4.78, 5) is 15.1. The molecule has 0 aliphatic rings. The summed E-state index contributed by atoms with van der Waals surface area (Å²) in [6.07, 6.45) is 2.27. The summed E-state index contributed by atoms with van der Waals surface area (Å²) in [6.45, 7) is 0. The first kappa shape index (κ1) is 13.1. The average Bonchev–Trinajstić information content (AvgIpc) is 2.55. The van der Waals surface area contributed by atoms with Crippen molar-refractivity contribution in [3.8, 4) is 5.75 Å². The summed E-state index contributed by atoms with van der Waals surface area (Å²) in [7, 11) is 0. The highest BCUT2D eigenvalue weighted by atomic mass is 16.3. The minimum absolute atomic E-state index is 0.0938. The van der Waals surface area contributed by atoms with Gasteiger partial charge in [0.15, 0.2) is 0 Å². The summed E-state index contributed by atoms with van der Waals surface area (Å²) in [5, 5.41) is 14.1. The molecule has 0 spiro atoms. The van der Waals surface area contributed by atoms with E-state index >= 15 is 0 Å². The summed E-state index contributed by atoms with van der Waals surface area (Å²) in [6, 6.07) is 16.5. The van der Waals surface area contributed by atoms with Crippen LogP contribution in [0.3, 0.4) is 0 Å². The third kappa shape index (κ3) is 2.43. The highest BCUT2D eigenvalue weighted by molar-refractivity contribution is 5.85. The number of pyridine rings is 1. The van der Waals surface area contributed by atoms with Gasteiger partial charge in [0, 0.05) is 17.1 Å². The second-order valence-electron chi connectivity index (χ2n) is 4.71. The van der Waals surface area contributed by atoms with E-state index in [9.17, 15) is 9.90 Å². The number of aromatic nitrogens is 1. The highest BCUT2D eigenvalue weighted by Gasteiger charge is 2.18. The molecule has 3 aromatic rings. The zero-order valence-electron chi connectivity index (χ0n) is 11.2. The van der Waals surface area contributed by atoms with Gasteiger partial charge < -0.3 is 10.4 Å². The number of fused-ring (bicyclic) bond motifs is 1. The van der Waals surface area contributed by atoms with Gasteiger partial charge >= 0.3 is 0 Å². The normalized spacial score (nSPS) is 12.0. The van der Waals surface area contributed by atoms with Crippen LogP contribution < -0.4 is 5.32 Å². The lowest BCUT2D eigenvalue weighted by molar-refractivity contribution is -0.110. The summed E-state index contributed by atoms with van der Waals surface area (Å²) in [5.41, 5.74) is 2.05. The van der Waals surface area contributed by atoms with Crippen LogP contribution in [0.25, 0.3) is 10.9 Å². The van der Waals surface area contributed by atoms with Crippen molar-refractivity contribution in [3.63, 3.8) is 0 Å². The number of benzene rings is 2. The number of hydrogen-bond donors (Lipinski definition) is 2. The van der Waals surface area contributed by atoms with E-state index in [0.29, 0.717) is 17.5 Å². The van der Waals surface area contributed by atoms with Crippen LogP contribution >= 0.6 is 0 Å². The van der Waals surface area contributed by atoms with E-state index in [1.54, 1.807) is 6.20 Å². The number of carbonyl (C=O) groups excluding carboxylic acids is 1. The number of carbonyl (C=O) groups is 1. The molecule has 1 aromatic heterocycles. The van der Waals surface area contributed by atoms with Crippen molar-refractivity contribution in [2.24, 2.45) is 0 Å². The molecule has 1 unspecified atom stereocenters. The van der Waals surface area contributed by atoms with Crippen LogP contribution in [-0.4, -0.2) is 16.5 Å². The molecule has 0 aliphatic heterocycles. The molecule has 4 heteroatoms. The number of nitrogens with zero attached hydrogens (tertiary/aromatic N) is 1. The Morgan fingerprint density at radius 3 is 2.62 bits per heavy atom. The molecular formula is C17H14N2O2. The minimum Gasteiger partial charge on any atom is -0.505 e. The van der Waals surface area contributed by atoms with Crippen LogP contribution in [0.2, 0.25) is 0 Å². The van der Waals surface area contributed by atoms with Crippen molar-refractivity contribution < 1.29 is 9.90 Å². The number of nitrogens with one attached hydrogen (secondary N) is 1. The molecule has 2 aromatic carbocycles. The number of aromatic hydroxyl groups is 1. The molecule has 0 aliphatic carbocycles. The maximum atomic E-state index is 10.9. The summed E-state index contributed by atoms with van der Waals surface area (Å²) in [5.74, 6) is 0.0938. The Morgan fingerprint density at radius 1 is 1.05 bits per heavy atom. The van der Waals surface area contributed by atoms with Gasteiger partial charge in [-0.05, 0) is 11.6 Å². The standard InChI is InChI=1S/C17H14N2O2/c20-11-19-15(12-5-2-1-3-6-12)14-9-8-13-7-4-10-18-16(13)17(14)21/h1-11,15,21H,(H,19,20). The first-order valence-electron chi connectivity index (χ1n) is 6.62. The molecule has 1 amide bonds. The van der Waals surface area contributed by atoms with Gasteiger partial charge in [0.1, 0.15) is 11.3 Å². The van der Waals surface area contributed by atoms with Crippen LogP contribution in [0.5, 0.6) is 5.75 Å². The van der Waals surface area contributed by atoms with Crippen LogP contribution in [-0.2, 0) is 4.79 Å².